The minimum Gasteiger partial charge on any atom is -0.398 e. The molecule has 0 radical (unpaired) electrons. The molecule has 0 saturated heterocycles. The van der Waals surface area contributed by atoms with Crippen molar-refractivity contribution in [3.63, 3.8) is 0 Å². The first-order chi connectivity index (χ1) is 9.49. The molecule has 0 spiro atoms. The summed E-state index contributed by atoms with van der Waals surface area (Å²) in [6, 6.07) is 10.6. The number of hydrogen-bond donors (Lipinski definition) is 1. The van der Waals surface area contributed by atoms with Crippen molar-refractivity contribution in [2.45, 2.75) is 17.6 Å². The van der Waals surface area contributed by atoms with Crippen molar-refractivity contribution in [1.82, 2.24) is 0 Å². The molecular weight excluding hydrogens is 296 g/mol. The predicted molar refractivity (Wildman–Crippen MR) is 83.3 cm³/mol. The van der Waals surface area contributed by atoms with Gasteiger partial charge >= 0.3 is 0 Å². The van der Waals surface area contributed by atoms with Gasteiger partial charge in [0.05, 0.1) is 15.6 Å². The number of nitrogens with zero attached hydrogens (tertiary/aromatic N) is 1. The number of thioether (sulfide) groups is 1. The molecule has 0 unspecified atom stereocenters. The number of hydrogen-bond acceptors (Lipinski definition) is 4. The van der Waals surface area contributed by atoms with Crippen LogP contribution in [0.15, 0.2) is 41.3 Å². The fourth-order valence-electron chi connectivity index (χ4n) is 1.78. The average Bonchev–Trinajstić information content (AvgIpc) is 2.41. The second kappa shape index (κ2) is 6.15. The van der Waals surface area contributed by atoms with E-state index in [9.17, 15) is 10.1 Å². The Morgan fingerprint density at radius 2 is 2.10 bits per heavy atom. The first-order valence-electron chi connectivity index (χ1n) is 5.89. The number of nitrogens with two attached hydrogens (primary N) is 1. The van der Waals surface area contributed by atoms with E-state index in [2.05, 4.69) is 0 Å². The zero-order valence-corrected chi connectivity index (χ0v) is 12.4. The van der Waals surface area contributed by atoms with Gasteiger partial charge in [-0.3, -0.25) is 10.1 Å². The number of nitro groups is 1. The maximum Gasteiger partial charge on any atom is 0.272 e. The highest BCUT2D eigenvalue weighted by molar-refractivity contribution is 7.98. The van der Waals surface area contributed by atoms with E-state index in [-0.39, 0.29) is 10.6 Å². The highest BCUT2D eigenvalue weighted by atomic mass is 35.5. The molecule has 2 N–H and O–H groups in total. The van der Waals surface area contributed by atoms with Gasteiger partial charge in [-0.05, 0) is 30.7 Å². The lowest BCUT2D eigenvalue weighted by Gasteiger charge is -2.07. The molecule has 0 bridgehead atoms. The standard InChI is InChI=1S/C14H13ClN2O2S/c1-9-10(3-2-4-14(9)17(18)19)8-20-11-5-6-13(16)12(15)7-11/h2-7H,8,16H2,1H3. The SMILES string of the molecule is Cc1c(CSc2ccc(N)c(Cl)c2)cccc1[N+](=O)[O-]. The van der Waals surface area contributed by atoms with Gasteiger partial charge < -0.3 is 5.73 Å². The Labute approximate surface area is 126 Å². The zero-order valence-electron chi connectivity index (χ0n) is 10.8. The van der Waals surface area contributed by atoms with Gasteiger partial charge in [0.2, 0.25) is 0 Å². The Kier molecular flexibility index (Phi) is 4.52. The summed E-state index contributed by atoms with van der Waals surface area (Å²) in [6.07, 6.45) is 0. The predicted octanol–water partition coefficient (Wildman–Crippen LogP) is 4.43. The molecule has 2 rings (SSSR count). The van der Waals surface area contributed by atoms with Crippen molar-refractivity contribution in [2.75, 3.05) is 5.73 Å². The maximum absolute atomic E-state index is 10.9. The number of nitrogen functional groups attached to an aromatic ring is 1. The van der Waals surface area contributed by atoms with Crippen LogP contribution in [0.3, 0.4) is 0 Å². The maximum atomic E-state index is 10.9. The summed E-state index contributed by atoms with van der Waals surface area (Å²) in [6.45, 7) is 1.77. The monoisotopic (exact) mass is 308 g/mol. The topological polar surface area (TPSA) is 69.2 Å². The van der Waals surface area contributed by atoms with E-state index in [0.717, 1.165) is 10.5 Å². The first kappa shape index (κ1) is 14.7. The molecule has 0 atom stereocenters. The van der Waals surface area contributed by atoms with Crippen LogP contribution in [-0.2, 0) is 5.75 Å². The van der Waals surface area contributed by atoms with Gasteiger partial charge in [0.25, 0.3) is 5.69 Å². The van der Waals surface area contributed by atoms with Crippen molar-refractivity contribution in [2.24, 2.45) is 0 Å². The van der Waals surface area contributed by atoms with Crippen LogP contribution in [0.25, 0.3) is 0 Å². The summed E-state index contributed by atoms with van der Waals surface area (Å²) < 4.78 is 0. The first-order valence-corrected chi connectivity index (χ1v) is 7.26. The van der Waals surface area contributed by atoms with Crippen molar-refractivity contribution in [1.29, 1.82) is 0 Å². The summed E-state index contributed by atoms with van der Waals surface area (Å²) in [5.74, 6) is 0.647. The van der Waals surface area contributed by atoms with Crippen LogP contribution < -0.4 is 5.73 Å². The lowest BCUT2D eigenvalue weighted by molar-refractivity contribution is -0.385. The van der Waals surface area contributed by atoms with Crippen LogP contribution in [0.5, 0.6) is 0 Å². The Balaban J connectivity index is 2.17. The molecule has 4 nitrogen and oxygen atoms in total. The highest BCUT2D eigenvalue weighted by Gasteiger charge is 2.13. The Morgan fingerprint density at radius 1 is 1.35 bits per heavy atom. The van der Waals surface area contributed by atoms with Gasteiger partial charge in [0.1, 0.15) is 0 Å². The quantitative estimate of drug-likeness (QED) is 0.392. The van der Waals surface area contributed by atoms with Crippen LogP contribution in [0.2, 0.25) is 5.02 Å². The van der Waals surface area contributed by atoms with Gasteiger partial charge in [-0.15, -0.1) is 11.8 Å². The number of nitro benzene ring substituents is 1. The Hall–Kier alpha value is -1.72. The van der Waals surface area contributed by atoms with Gasteiger partial charge in [0, 0.05) is 22.3 Å². The molecule has 104 valence electrons. The molecule has 0 aromatic heterocycles. The highest BCUT2D eigenvalue weighted by Crippen LogP contribution is 2.31. The van der Waals surface area contributed by atoms with Crippen molar-refractivity contribution < 1.29 is 4.92 Å². The lowest BCUT2D eigenvalue weighted by atomic mass is 10.1. The molecule has 0 fully saturated rings. The van der Waals surface area contributed by atoms with Gasteiger partial charge in [-0.1, -0.05) is 23.7 Å². The molecule has 0 saturated carbocycles. The van der Waals surface area contributed by atoms with Gasteiger partial charge in [-0.2, -0.15) is 0 Å². The van der Waals surface area contributed by atoms with Crippen molar-refractivity contribution >= 4 is 34.7 Å². The molecular formula is C14H13ClN2O2S. The van der Waals surface area contributed by atoms with Crippen LogP contribution in [-0.4, -0.2) is 4.92 Å². The third-order valence-electron chi connectivity index (χ3n) is 2.98. The molecule has 0 aliphatic heterocycles. The van der Waals surface area contributed by atoms with Crippen LogP contribution in [0.4, 0.5) is 11.4 Å². The molecule has 20 heavy (non-hydrogen) atoms. The zero-order chi connectivity index (χ0) is 14.7. The largest absolute Gasteiger partial charge is 0.398 e. The fourth-order valence-corrected chi connectivity index (χ4v) is 3.03. The van der Waals surface area contributed by atoms with Gasteiger partial charge in [-0.25, -0.2) is 0 Å². The summed E-state index contributed by atoms with van der Waals surface area (Å²) in [5.41, 5.74) is 7.99. The molecule has 0 amide bonds. The molecule has 6 heteroatoms. The van der Waals surface area contributed by atoms with Crippen molar-refractivity contribution in [3.05, 3.63) is 62.7 Å². The van der Waals surface area contributed by atoms with Crippen LogP contribution >= 0.6 is 23.4 Å². The second-order valence-corrected chi connectivity index (χ2v) is 5.75. The Morgan fingerprint density at radius 3 is 2.75 bits per heavy atom. The smallest absolute Gasteiger partial charge is 0.272 e. The van der Waals surface area contributed by atoms with E-state index in [1.54, 1.807) is 36.9 Å². The molecule has 2 aromatic rings. The van der Waals surface area contributed by atoms with E-state index in [1.807, 2.05) is 12.1 Å². The van der Waals surface area contributed by atoms with E-state index in [4.69, 9.17) is 17.3 Å². The van der Waals surface area contributed by atoms with E-state index < -0.39 is 0 Å². The summed E-state index contributed by atoms with van der Waals surface area (Å²) in [4.78, 5) is 11.5. The minimum atomic E-state index is -0.358. The second-order valence-electron chi connectivity index (χ2n) is 4.29. The number of halogens is 1. The van der Waals surface area contributed by atoms with E-state index in [0.29, 0.717) is 22.0 Å². The third-order valence-corrected chi connectivity index (χ3v) is 4.35. The number of rotatable bonds is 4. The van der Waals surface area contributed by atoms with E-state index >= 15 is 0 Å². The summed E-state index contributed by atoms with van der Waals surface area (Å²) in [7, 11) is 0. The average molecular weight is 309 g/mol. The normalized spacial score (nSPS) is 10.5. The van der Waals surface area contributed by atoms with Crippen LogP contribution in [0, 0.1) is 17.0 Å². The van der Waals surface area contributed by atoms with Gasteiger partial charge in [0.15, 0.2) is 0 Å². The Bertz CT molecular complexity index is 662. The van der Waals surface area contributed by atoms with E-state index in [1.165, 1.54) is 6.07 Å². The number of benzene rings is 2. The lowest BCUT2D eigenvalue weighted by Crippen LogP contribution is -1.95. The molecule has 0 aliphatic rings. The fraction of sp³-hybridized carbons (Fsp3) is 0.143. The molecule has 0 aliphatic carbocycles. The van der Waals surface area contributed by atoms with Crippen molar-refractivity contribution in [3.8, 4) is 0 Å². The summed E-state index contributed by atoms with van der Waals surface area (Å²) in [5, 5.41) is 11.4. The third kappa shape index (κ3) is 3.23. The summed E-state index contributed by atoms with van der Waals surface area (Å²) >= 11 is 7.53. The molecule has 2 aromatic carbocycles. The molecule has 0 heterocycles. The number of anilines is 1. The van der Waals surface area contributed by atoms with Crippen LogP contribution in [0.1, 0.15) is 11.1 Å². The minimum absolute atomic E-state index is 0.151.